The zero-order valence-electron chi connectivity index (χ0n) is 2.31. The molecule has 0 atom stereocenters. The minimum atomic E-state index is -0.125. The third-order valence-electron chi connectivity index (χ3n) is 0.1000. The SMILES string of the molecule is OCCO.[RbH]. The molecular formula is C2H7O2Rb. The molecule has 0 aliphatic carbocycles. The van der Waals surface area contributed by atoms with Crippen LogP contribution in [0, 0.1) is 0 Å². The van der Waals surface area contributed by atoms with Crippen molar-refractivity contribution < 1.29 is 10.2 Å². The summed E-state index contributed by atoms with van der Waals surface area (Å²) in [6.07, 6.45) is 0. The number of hydrogen-bond acceptors (Lipinski definition) is 2. The normalized spacial score (nSPS) is 6.00. The average Bonchev–Trinajstić information content (AvgIpc) is 1.37. The van der Waals surface area contributed by atoms with Crippen LogP contribution in [0.3, 0.4) is 0 Å². The fraction of sp³-hybridized carbons (Fsp3) is 1.00. The number of aliphatic hydroxyl groups is 2. The molecule has 2 N–H and O–H groups in total. The predicted octanol–water partition coefficient (Wildman–Crippen LogP) is -1.68. The molecule has 0 fully saturated rings. The molecule has 5 heavy (non-hydrogen) atoms. The van der Waals surface area contributed by atoms with Crippen molar-refractivity contribution in [1.29, 1.82) is 0 Å². The van der Waals surface area contributed by atoms with Crippen LogP contribution in [-0.4, -0.2) is 81.6 Å². The fourth-order valence-corrected chi connectivity index (χ4v) is 0. The molecular weight excluding hydrogens is 141 g/mol. The number of rotatable bonds is 1. The second kappa shape index (κ2) is 9.21. The molecule has 28 valence electrons. The Morgan fingerprint density at radius 1 is 1.00 bits per heavy atom. The third kappa shape index (κ3) is 10.7. The molecule has 0 bridgehead atoms. The van der Waals surface area contributed by atoms with Crippen LogP contribution >= 0.6 is 0 Å². The Morgan fingerprint density at radius 3 is 1.20 bits per heavy atom. The van der Waals surface area contributed by atoms with E-state index in [0.29, 0.717) is 0 Å². The van der Waals surface area contributed by atoms with Crippen LogP contribution in [0.15, 0.2) is 0 Å². The van der Waals surface area contributed by atoms with Crippen molar-refractivity contribution in [1.82, 2.24) is 0 Å². The van der Waals surface area contributed by atoms with Crippen molar-refractivity contribution in [3.05, 3.63) is 0 Å². The van der Waals surface area contributed by atoms with E-state index in [1.165, 1.54) is 0 Å². The third-order valence-corrected chi connectivity index (χ3v) is 0.1000. The zero-order chi connectivity index (χ0) is 3.41. The van der Waals surface area contributed by atoms with E-state index in [1.807, 2.05) is 0 Å². The summed E-state index contributed by atoms with van der Waals surface area (Å²) in [5, 5.41) is 15.2. The summed E-state index contributed by atoms with van der Waals surface area (Å²) in [7, 11) is 0. The van der Waals surface area contributed by atoms with Crippen molar-refractivity contribution >= 4 is 58.2 Å². The Kier molecular flexibility index (Phi) is 18.2. The Morgan fingerprint density at radius 2 is 1.20 bits per heavy atom. The summed E-state index contributed by atoms with van der Waals surface area (Å²) in [6, 6.07) is 0. The van der Waals surface area contributed by atoms with Crippen LogP contribution in [0.2, 0.25) is 0 Å². The molecule has 0 aromatic rings. The molecule has 0 spiro atoms. The molecule has 0 heterocycles. The molecule has 0 rings (SSSR count). The Labute approximate surface area is 80.0 Å². The van der Waals surface area contributed by atoms with Gasteiger partial charge in [0.15, 0.2) is 0 Å². The van der Waals surface area contributed by atoms with Crippen molar-refractivity contribution in [3.63, 3.8) is 0 Å². The predicted molar refractivity (Wildman–Crippen MR) is 21.3 cm³/mol. The molecule has 0 amide bonds. The van der Waals surface area contributed by atoms with Crippen molar-refractivity contribution in [2.45, 2.75) is 0 Å². The van der Waals surface area contributed by atoms with Crippen molar-refractivity contribution in [2.24, 2.45) is 0 Å². The van der Waals surface area contributed by atoms with Gasteiger partial charge in [-0.05, 0) is 0 Å². The maximum absolute atomic E-state index is 7.62. The van der Waals surface area contributed by atoms with Crippen LogP contribution < -0.4 is 0 Å². The maximum atomic E-state index is 7.62. The first-order valence-corrected chi connectivity index (χ1v) is 1.13. The van der Waals surface area contributed by atoms with Gasteiger partial charge in [0, 0.05) is 0 Å². The van der Waals surface area contributed by atoms with Crippen LogP contribution in [0.1, 0.15) is 0 Å². The van der Waals surface area contributed by atoms with E-state index >= 15 is 0 Å². The van der Waals surface area contributed by atoms with Gasteiger partial charge in [0.05, 0.1) is 13.2 Å². The van der Waals surface area contributed by atoms with E-state index in [2.05, 4.69) is 0 Å². The fourth-order valence-electron chi connectivity index (χ4n) is 0. The van der Waals surface area contributed by atoms with Gasteiger partial charge in [-0.2, -0.15) is 0 Å². The van der Waals surface area contributed by atoms with E-state index in [1.54, 1.807) is 0 Å². The molecule has 0 aromatic heterocycles. The second-order valence-electron chi connectivity index (χ2n) is 0.447. The van der Waals surface area contributed by atoms with Gasteiger partial charge in [-0.3, -0.25) is 0 Å². The summed E-state index contributed by atoms with van der Waals surface area (Å²) >= 11 is 0. The van der Waals surface area contributed by atoms with Crippen molar-refractivity contribution in [3.8, 4) is 0 Å². The van der Waals surface area contributed by atoms with E-state index in [-0.39, 0.29) is 71.4 Å². The van der Waals surface area contributed by atoms with Gasteiger partial charge in [-0.1, -0.05) is 0 Å². The summed E-state index contributed by atoms with van der Waals surface area (Å²) in [6.45, 7) is -0.250. The molecule has 0 aromatic carbocycles. The Hall–Kier alpha value is 1.73. The monoisotopic (exact) mass is 148 g/mol. The summed E-state index contributed by atoms with van der Waals surface area (Å²) < 4.78 is 0. The molecule has 0 radical (unpaired) electrons. The second-order valence-corrected chi connectivity index (χ2v) is 0.447. The molecule has 0 saturated heterocycles. The van der Waals surface area contributed by atoms with Gasteiger partial charge in [-0.15, -0.1) is 0 Å². The van der Waals surface area contributed by atoms with Crippen LogP contribution in [0.25, 0.3) is 0 Å². The topological polar surface area (TPSA) is 40.5 Å². The van der Waals surface area contributed by atoms with Crippen LogP contribution in [0.5, 0.6) is 0 Å². The quantitative estimate of drug-likeness (QED) is 0.467. The number of hydrogen-bond donors (Lipinski definition) is 2. The van der Waals surface area contributed by atoms with Gasteiger partial charge in [0.2, 0.25) is 0 Å². The van der Waals surface area contributed by atoms with Crippen molar-refractivity contribution in [2.75, 3.05) is 13.2 Å². The van der Waals surface area contributed by atoms with E-state index in [9.17, 15) is 0 Å². The molecule has 3 heteroatoms. The molecule has 0 aliphatic rings. The van der Waals surface area contributed by atoms with Gasteiger partial charge >= 0.3 is 58.2 Å². The van der Waals surface area contributed by atoms with Gasteiger partial charge < -0.3 is 10.2 Å². The van der Waals surface area contributed by atoms with Gasteiger partial charge in [0.1, 0.15) is 0 Å². The Balaban J connectivity index is 0. The summed E-state index contributed by atoms with van der Waals surface area (Å²) in [5.41, 5.74) is 0. The standard InChI is InChI=1S/C2H6O2.Rb.H/c3-1-2-4;;/h3-4H,1-2H2;;. The number of aliphatic hydroxyl groups excluding tert-OH is 2. The molecule has 0 aliphatic heterocycles. The van der Waals surface area contributed by atoms with Gasteiger partial charge in [0.25, 0.3) is 0 Å². The summed E-state index contributed by atoms with van der Waals surface area (Å²) in [5.74, 6) is 0. The minimum absolute atomic E-state index is 0. The zero-order valence-corrected chi connectivity index (χ0v) is 2.31. The molecule has 0 saturated carbocycles. The van der Waals surface area contributed by atoms with Crippen LogP contribution in [0.4, 0.5) is 0 Å². The first-order valence-electron chi connectivity index (χ1n) is 1.13. The van der Waals surface area contributed by atoms with Crippen LogP contribution in [-0.2, 0) is 0 Å². The van der Waals surface area contributed by atoms with E-state index < -0.39 is 0 Å². The first-order chi connectivity index (χ1) is 1.91. The average molecular weight is 149 g/mol. The first kappa shape index (κ1) is 9.87. The van der Waals surface area contributed by atoms with E-state index in [4.69, 9.17) is 10.2 Å². The Bertz CT molecular complexity index is 9.61. The molecule has 2 nitrogen and oxygen atoms in total. The molecule has 0 unspecified atom stereocenters. The van der Waals surface area contributed by atoms with E-state index in [0.717, 1.165) is 0 Å². The summed E-state index contributed by atoms with van der Waals surface area (Å²) in [4.78, 5) is 0. The van der Waals surface area contributed by atoms with Gasteiger partial charge in [-0.25, -0.2) is 0 Å².